The van der Waals surface area contributed by atoms with Crippen molar-refractivity contribution in [1.82, 2.24) is 9.88 Å². The first-order valence-electron chi connectivity index (χ1n) is 5.92. The van der Waals surface area contributed by atoms with Gasteiger partial charge in [0, 0.05) is 19.3 Å². The van der Waals surface area contributed by atoms with Crippen molar-refractivity contribution in [2.24, 2.45) is 0 Å². The fourth-order valence-electron chi connectivity index (χ4n) is 1.49. The monoisotopic (exact) mass is 310 g/mol. The molecule has 8 heteroatoms. The summed E-state index contributed by atoms with van der Waals surface area (Å²) in [6.07, 6.45) is -3.32. The highest BCUT2D eigenvalue weighted by atomic mass is 35.5. The maximum atomic E-state index is 12.0. The molecule has 0 saturated heterocycles. The number of halogens is 4. The largest absolute Gasteiger partial charge is 0.467 e. The van der Waals surface area contributed by atoms with Crippen LogP contribution >= 0.6 is 11.6 Å². The number of carbonyl (C=O) groups is 1. The molecule has 0 radical (unpaired) electrons. The van der Waals surface area contributed by atoms with Crippen LogP contribution in [0.15, 0.2) is 12.3 Å². The molecule has 0 unspecified atom stereocenters. The van der Waals surface area contributed by atoms with Crippen LogP contribution in [-0.4, -0.2) is 41.7 Å². The molecule has 4 nitrogen and oxygen atoms in total. The molecule has 0 aliphatic rings. The summed E-state index contributed by atoms with van der Waals surface area (Å²) in [5.41, 5.74) is 0.207. The number of alkyl halides is 3. The number of hydrogen-bond acceptors (Lipinski definition) is 3. The molecule has 0 saturated carbocycles. The van der Waals surface area contributed by atoms with Crippen LogP contribution in [0.1, 0.15) is 24.2 Å². The highest BCUT2D eigenvalue weighted by Crippen LogP contribution is 2.25. The summed E-state index contributed by atoms with van der Waals surface area (Å²) < 4.78 is 40.5. The fraction of sp³-hybridized carbons (Fsp3) is 0.500. The molecule has 1 aromatic rings. The number of ether oxygens (including phenoxy) is 1. The first kappa shape index (κ1) is 16.6. The van der Waals surface area contributed by atoms with Gasteiger partial charge in [0.15, 0.2) is 6.61 Å². The van der Waals surface area contributed by atoms with Gasteiger partial charge in [-0.2, -0.15) is 13.2 Å². The van der Waals surface area contributed by atoms with E-state index in [2.05, 4.69) is 9.72 Å². The van der Waals surface area contributed by atoms with E-state index in [1.807, 2.05) is 13.8 Å². The second-order valence-electron chi connectivity index (χ2n) is 3.89. The zero-order valence-electron chi connectivity index (χ0n) is 11.0. The third-order valence-corrected chi connectivity index (χ3v) is 2.75. The van der Waals surface area contributed by atoms with Crippen LogP contribution in [-0.2, 0) is 0 Å². The van der Waals surface area contributed by atoms with Crippen molar-refractivity contribution in [3.05, 3.63) is 22.8 Å². The second-order valence-corrected chi connectivity index (χ2v) is 4.30. The van der Waals surface area contributed by atoms with Gasteiger partial charge in [0.05, 0.1) is 5.56 Å². The molecule has 0 fully saturated rings. The van der Waals surface area contributed by atoms with E-state index in [0.717, 1.165) is 6.20 Å². The van der Waals surface area contributed by atoms with Crippen LogP contribution in [0.2, 0.25) is 5.02 Å². The van der Waals surface area contributed by atoms with E-state index in [1.54, 1.807) is 4.90 Å². The maximum absolute atomic E-state index is 12.0. The molecule has 20 heavy (non-hydrogen) atoms. The van der Waals surface area contributed by atoms with Crippen molar-refractivity contribution in [2.75, 3.05) is 19.7 Å². The lowest BCUT2D eigenvalue weighted by Crippen LogP contribution is -2.30. The van der Waals surface area contributed by atoms with E-state index in [-0.39, 0.29) is 22.4 Å². The molecule has 0 atom stereocenters. The van der Waals surface area contributed by atoms with Crippen molar-refractivity contribution in [3.63, 3.8) is 0 Å². The van der Waals surface area contributed by atoms with Gasteiger partial charge < -0.3 is 9.64 Å². The lowest BCUT2D eigenvalue weighted by Gasteiger charge is -2.18. The molecule has 0 bridgehead atoms. The molecule has 0 N–H and O–H groups in total. The van der Waals surface area contributed by atoms with Crippen LogP contribution in [0.25, 0.3) is 0 Å². The van der Waals surface area contributed by atoms with Gasteiger partial charge >= 0.3 is 6.18 Å². The first-order chi connectivity index (χ1) is 9.28. The van der Waals surface area contributed by atoms with E-state index in [9.17, 15) is 18.0 Å². The van der Waals surface area contributed by atoms with Gasteiger partial charge in [-0.05, 0) is 19.9 Å². The number of rotatable bonds is 5. The van der Waals surface area contributed by atoms with E-state index in [0.29, 0.717) is 13.1 Å². The topological polar surface area (TPSA) is 42.4 Å². The second kappa shape index (κ2) is 6.78. The van der Waals surface area contributed by atoms with Gasteiger partial charge in [-0.15, -0.1) is 0 Å². The van der Waals surface area contributed by atoms with E-state index >= 15 is 0 Å². The van der Waals surface area contributed by atoms with Gasteiger partial charge in [-0.3, -0.25) is 4.79 Å². The maximum Gasteiger partial charge on any atom is 0.422 e. The Bertz CT molecular complexity index is 476. The summed E-state index contributed by atoms with van der Waals surface area (Å²) in [5, 5.41) is -0.132. The van der Waals surface area contributed by atoms with E-state index < -0.39 is 12.8 Å². The zero-order chi connectivity index (χ0) is 15.3. The third-order valence-electron chi connectivity index (χ3n) is 2.48. The summed E-state index contributed by atoms with van der Waals surface area (Å²) in [6.45, 7) is 3.18. The zero-order valence-corrected chi connectivity index (χ0v) is 11.8. The smallest absolute Gasteiger partial charge is 0.422 e. The Morgan fingerprint density at radius 1 is 1.40 bits per heavy atom. The molecular formula is C12H14ClF3N2O2. The molecule has 112 valence electrons. The lowest BCUT2D eigenvalue weighted by molar-refractivity contribution is -0.154. The number of hydrogen-bond donors (Lipinski definition) is 0. The van der Waals surface area contributed by atoms with E-state index in [1.165, 1.54) is 6.07 Å². The standard InChI is InChI=1S/C12H14ClF3N2O2/c1-3-18(4-2)11(19)8-5-9(13)10(17-6-8)20-7-12(14,15)16/h5-6H,3-4,7H2,1-2H3. The molecule has 1 rings (SSSR count). The van der Waals surface area contributed by atoms with Crippen molar-refractivity contribution < 1.29 is 22.7 Å². The first-order valence-corrected chi connectivity index (χ1v) is 6.30. The summed E-state index contributed by atoms with van der Waals surface area (Å²) in [7, 11) is 0. The van der Waals surface area contributed by atoms with Crippen LogP contribution in [0.5, 0.6) is 5.88 Å². The molecule has 0 spiro atoms. The normalized spacial score (nSPS) is 11.3. The Balaban J connectivity index is 2.85. The molecule has 1 heterocycles. The number of pyridine rings is 1. The Hall–Kier alpha value is -1.50. The molecule has 0 aromatic carbocycles. The Morgan fingerprint density at radius 2 is 2.00 bits per heavy atom. The van der Waals surface area contributed by atoms with Gasteiger partial charge in [-0.25, -0.2) is 4.98 Å². The van der Waals surface area contributed by atoms with Gasteiger partial charge in [0.1, 0.15) is 5.02 Å². The quantitative estimate of drug-likeness (QED) is 0.839. The SMILES string of the molecule is CCN(CC)C(=O)c1cnc(OCC(F)(F)F)c(Cl)c1. The van der Waals surface area contributed by atoms with Gasteiger partial charge in [0.2, 0.25) is 5.88 Å². The predicted molar refractivity (Wildman–Crippen MR) is 68.0 cm³/mol. The highest BCUT2D eigenvalue weighted by molar-refractivity contribution is 6.32. The van der Waals surface area contributed by atoms with Crippen molar-refractivity contribution in [1.29, 1.82) is 0 Å². The van der Waals surface area contributed by atoms with Crippen molar-refractivity contribution in [3.8, 4) is 5.88 Å². The molecule has 0 aliphatic carbocycles. The lowest BCUT2D eigenvalue weighted by atomic mass is 10.2. The van der Waals surface area contributed by atoms with Crippen molar-refractivity contribution >= 4 is 17.5 Å². The molecular weight excluding hydrogens is 297 g/mol. The average Bonchev–Trinajstić information content (AvgIpc) is 2.37. The minimum atomic E-state index is -4.47. The Morgan fingerprint density at radius 3 is 2.45 bits per heavy atom. The Labute approximate surface area is 119 Å². The van der Waals surface area contributed by atoms with Crippen LogP contribution in [0.4, 0.5) is 13.2 Å². The number of nitrogens with zero attached hydrogens (tertiary/aromatic N) is 2. The molecule has 1 amide bonds. The number of aromatic nitrogens is 1. The Kier molecular flexibility index (Phi) is 5.62. The predicted octanol–water partition coefficient (Wildman–Crippen LogP) is 3.16. The van der Waals surface area contributed by atoms with Gasteiger partial charge in [-0.1, -0.05) is 11.6 Å². The summed E-state index contributed by atoms with van der Waals surface area (Å²) >= 11 is 5.77. The highest BCUT2D eigenvalue weighted by Gasteiger charge is 2.29. The van der Waals surface area contributed by atoms with Crippen LogP contribution in [0, 0.1) is 0 Å². The number of amides is 1. The average molecular weight is 311 g/mol. The minimum Gasteiger partial charge on any atom is -0.467 e. The van der Waals surface area contributed by atoms with Crippen molar-refractivity contribution in [2.45, 2.75) is 20.0 Å². The molecule has 1 aromatic heterocycles. The summed E-state index contributed by atoms with van der Waals surface area (Å²) in [4.78, 5) is 17.2. The number of carbonyl (C=O) groups excluding carboxylic acids is 1. The molecule has 0 aliphatic heterocycles. The summed E-state index contributed by atoms with van der Waals surface area (Å²) in [5.74, 6) is -0.633. The van der Waals surface area contributed by atoms with Crippen LogP contribution < -0.4 is 4.74 Å². The fourth-order valence-corrected chi connectivity index (χ4v) is 1.71. The van der Waals surface area contributed by atoms with Gasteiger partial charge in [0.25, 0.3) is 5.91 Å². The summed E-state index contributed by atoms with van der Waals surface area (Å²) in [6, 6.07) is 1.25. The third kappa shape index (κ3) is 4.56. The van der Waals surface area contributed by atoms with E-state index in [4.69, 9.17) is 11.6 Å². The van der Waals surface area contributed by atoms with Crippen LogP contribution in [0.3, 0.4) is 0 Å². The minimum absolute atomic E-state index is 0.132.